The molecule has 0 saturated carbocycles. The number of rotatable bonds is 5. The third-order valence-corrected chi connectivity index (χ3v) is 3.67. The molecule has 0 bridgehead atoms. The van der Waals surface area contributed by atoms with Crippen molar-refractivity contribution in [3.8, 4) is 5.75 Å². The summed E-state index contributed by atoms with van der Waals surface area (Å²) in [7, 11) is 0. The Balaban J connectivity index is 0.00000242. The summed E-state index contributed by atoms with van der Waals surface area (Å²) in [6, 6.07) is 7.95. The molecular weight excluding hydrogens is 300 g/mol. The van der Waals surface area contributed by atoms with Gasteiger partial charge in [0, 0.05) is 19.1 Å². The summed E-state index contributed by atoms with van der Waals surface area (Å²) in [5.74, 6) is 1.54. The molecule has 1 fully saturated rings. The van der Waals surface area contributed by atoms with Gasteiger partial charge < -0.3 is 15.4 Å². The van der Waals surface area contributed by atoms with E-state index in [9.17, 15) is 4.79 Å². The van der Waals surface area contributed by atoms with Gasteiger partial charge in [0.05, 0.1) is 13.0 Å². The molecule has 4 nitrogen and oxygen atoms in total. The highest BCUT2D eigenvalue weighted by Gasteiger charge is 2.21. The largest absolute Gasteiger partial charge is 0.493 e. The van der Waals surface area contributed by atoms with Crippen molar-refractivity contribution in [3.05, 3.63) is 29.8 Å². The zero-order chi connectivity index (χ0) is 15.2. The van der Waals surface area contributed by atoms with Crippen molar-refractivity contribution >= 4 is 18.3 Å². The highest BCUT2D eigenvalue weighted by molar-refractivity contribution is 5.85. The number of nitrogens with two attached hydrogens (primary N) is 1. The Morgan fingerprint density at radius 1 is 1.36 bits per heavy atom. The number of nitrogens with zero attached hydrogens (tertiary/aromatic N) is 1. The summed E-state index contributed by atoms with van der Waals surface area (Å²) in [5.41, 5.74) is 6.95. The van der Waals surface area contributed by atoms with Gasteiger partial charge in [-0.1, -0.05) is 26.0 Å². The lowest BCUT2D eigenvalue weighted by Crippen LogP contribution is -2.46. The number of ether oxygens (including phenoxy) is 1. The molecule has 1 aliphatic rings. The summed E-state index contributed by atoms with van der Waals surface area (Å²) in [6.45, 7) is 6.48. The van der Waals surface area contributed by atoms with Gasteiger partial charge in [-0.15, -0.1) is 12.4 Å². The van der Waals surface area contributed by atoms with Crippen LogP contribution in [0.1, 0.15) is 32.3 Å². The monoisotopic (exact) mass is 326 g/mol. The summed E-state index contributed by atoms with van der Waals surface area (Å²) >= 11 is 0. The van der Waals surface area contributed by atoms with Gasteiger partial charge >= 0.3 is 0 Å². The molecule has 0 aliphatic carbocycles. The number of halogens is 1. The lowest BCUT2D eigenvalue weighted by molar-refractivity contribution is -0.131. The fraction of sp³-hybridized carbons (Fsp3) is 0.588. The number of carbonyl (C=O) groups excluding carboxylic acids is 1. The van der Waals surface area contributed by atoms with E-state index < -0.39 is 0 Å². The van der Waals surface area contributed by atoms with Crippen LogP contribution in [0, 0.1) is 5.92 Å². The maximum absolute atomic E-state index is 12.3. The number of hydrogen-bond donors (Lipinski definition) is 1. The number of carbonyl (C=O) groups is 1. The number of benzene rings is 1. The first-order valence-corrected chi connectivity index (χ1v) is 7.79. The van der Waals surface area contributed by atoms with Gasteiger partial charge in [0.2, 0.25) is 5.91 Å². The van der Waals surface area contributed by atoms with E-state index in [1.807, 2.05) is 29.2 Å². The van der Waals surface area contributed by atoms with Gasteiger partial charge in [0.15, 0.2) is 0 Å². The zero-order valence-electron chi connectivity index (χ0n) is 13.5. The second kappa shape index (κ2) is 9.01. The molecule has 1 atom stereocenters. The summed E-state index contributed by atoms with van der Waals surface area (Å²) in [4.78, 5) is 14.1. The highest BCUT2D eigenvalue weighted by atomic mass is 35.5. The summed E-state index contributed by atoms with van der Waals surface area (Å²) in [6.07, 6.45) is 2.47. The third kappa shape index (κ3) is 5.85. The van der Waals surface area contributed by atoms with E-state index in [0.29, 0.717) is 25.5 Å². The standard InChI is InChI=1S/C17H26N2O2.ClH/c1-13(2)12-21-16-7-5-14(6-8-16)10-17(20)19-9-3-4-15(18)11-19;/h5-8,13,15H,3-4,9-12,18H2,1-2H3;1H. The fourth-order valence-corrected chi connectivity index (χ4v) is 2.49. The van der Waals surface area contributed by atoms with Crippen molar-refractivity contribution in [1.82, 2.24) is 4.90 Å². The van der Waals surface area contributed by atoms with Crippen LogP contribution in [0.2, 0.25) is 0 Å². The molecule has 22 heavy (non-hydrogen) atoms. The molecule has 2 N–H and O–H groups in total. The Labute approximate surface area is 139 Å². The lowest BCUT2D eigenvalue weighted by atomic mass is 10.1. The van der Waals surface area contributed by atoms with E-state index in [0.717, 1.165) is 30.7 Å². The Morgan fingerprint density at radius 2 is 2.05 bits per heavy atom. The molecule has 1 saturated heterocycles. The van der Waals surface area contributed by atoms with Gasteiger partial charge in [-0.25, -0.2) is 0 Å². The van der Waals surface area contributed by atoms with Crippen LogP contribution in [0.25, 0.3) is 0 Å². The molecule has 0 spiro atoms. The molecule has 1 aliphatic heterocycles. The quantitative estimate of drug-likeness (QED) is 0.905. The Hall–Kier alpha value is -1.26. The van der Waals surface area contributed by atoms with Crippen molar-refractivity contribution in [3.63, 3.8) is 0 Å². The molecule has 2 rings (SSSR count). The van der Waals surface area contributed by atoms with Crippen molar-refractivity contribution in [1.29, 1.82) is 0 Å². The Kier molecular flexibility index (Phi) is 7.69. The highest BCUT2D eigenvalue weighted by Crippen LogP contribution is 2.15. The van der Waals surface area contributed by atoms with Crippen molar-refractivity contribution < 1.29 is 9.53 Å². The molecule has 0 radical (unpaired) electrons. The maximum atomic E-state index is 12.3. The van der Waals surface area contributed by atoms with Gasteiger partial charge in [-0.3, -0.25) is 4.79 Å². The maximum Gasteiger partial charge on any atom is 0.227 e. The first kappa shape index (κ1) is 18.8. The third-order valence-electron chi connectivity index (χ3n) is 3.67. The second-order valence-corrected chi connectivity index (χ2v) is 6.27. The molecule has 1 aromatic carbocycles. The van der Waals surface area contributed by atoms with Gasteiger partial charge in [0.25, 0.3) is 0 Å². The van der Waals surface area contributed by atoms with Crippen LogP contribution in [0.15, 0.2) is 24.3 Å². The molecular formula is C17H27ClN2O2. The van der Waals surface area contributed by atoms with Crippen LogP contribution in [0.4, 0.5) is 0 Å². The second-order valence-electron chi connectivity index (χ2n) is 6.27. The van der Waals surface area contributed by atoms with Crippen LogP contribution in [-0.4, -0.2) is 36.5 Å². The SMILES string of the molecule is CC(C)COc1ccc(CC(=O)N2CCCC(N)C2)cc1.Cl. The van der Waals surface area contributed by atoms with Crippen molar-refractivity contribution in [2.24, 2.45) is 11.7 Å². The minimum Gasteiger partial charge on any atom is -0.493 e. The van der Waals surface area contributed by atoms with Crippen LogP contribution in [0.5, 0.6) is 5.75 Å². The number of hydrogen-bond acceptors (Lipinski definition) is 3. The van der Waals surface area contributed by atoms with Gasteiger partial charge in [-0.05, 0) is 36.5 Å². The van der Waals surface area contributed by atoms with E-state index in [-0.39, 0.29) is 24.4 Å². The normalized spacial score (nSPS) is 18.0. The molecule has 1 amide bonds. The molecule has 124 valence electrons. The predicted octanol–water partition coefficient (Wildman–Crippen LogP) is 2.64. The van der Waals surface area contributed by atoms with E-state index in [1.165, 1.54) is 0 Å². The fourth-order valence-electron chi connectivity index (χ4n) is 2.49. The van der Waals surface area contributed by atoms with E-state index in [4.69, 9.17) is 10.5 Å². The minimum absolute atomic E-state index is 0. The molecule has 1 heterocycles. The molecule has 5 heteroatoms. The lowest BCUT2D eigenvalue weighted by Gasteiger charge is -2.30. The van der Waals surface area contributed by atoms with Gasteiger partial charge in [-0.2, -0.15) is 0 Å². The first-order chi connectivity index (χ1) is 10.0. The Morgan fingerprint density at radius 3 is 2.64 bits per heavy atom. The van der Waals surface area contributed by atoms with Crippen LogP contribution < -0.4 is 10.5 Å². The van der Waals surface area contributed by atoms with Crippen LogP contribution >= 0.6 is 12.4 Å². The number of piperidine rings is 1. The number of amides is 1. The Bertz CT molecular complexity index is 462. The van der Waals surface area contributed by atoms with Crippen LogP contribution in [0.3, 0.4) is 0 Å². The van der Waals surface area contributed by atoms with E-state index in [2.05, 4.69) is 13.8 Å². The summed E-state index contributed by atoms with van der Waals surface area (Å²) < 4.78 is 5.65. The van der Waals surface area contributed by atoms with Crippen molar-refractivity contribution in [2.75, 3.05) is 19.7 Å². The smallest absolute Gasteiger partial charge is 0.227 e. The van der Waals surface area contributed by atoms with Gasteiger partial charge in [0.1, 0.15) is 5.75 Å². The average Bonchev–Trinajstić information content (AvgIpc) is 2.46. The molecule has 1 aromatic rings. The van der Waals surface area contributed by atoms with Crippen LogP contribution in [-0.2, 0) is 11.2 Å². The average molecular weight is 327 g/mol. The molecule has 1 unspecified atom stereocenters. The topological polar surface area (TPSA) is 55.6 Å². The van der Waals surface area contributed by atoms with Crippen molar-refractivity contribution in [2.45, 2.75) is 39.2 Å². The predicted molar refractivity (Wildman–Crippen MR) is 91.5 cm³/mol. The van der Waals surface area contributed by atoms with E-state index in [1.54, 1.807) is 0 Å². The van der Waals surface area contributed by atoms with E-state index >= 15 is 0 Å². The number of likely N-dealkylation sites (tertiary alicyclic amines) is 1. The minimum atomic E-state index is 0. The summed E-state index contributed by atoms with van der Waals surface area (Å²) in [5, 5.41) is 0. The molecule has 0 aromatic heterocycles. The zero-order valence-corrected chi connectivity index (χ0v) is 14.3. The first-order valence-electron chi connectivity index (χ1n) is 7.79.